The van der Waals surface area contributed by atoms with Gasteiger partial charge < -0.3 is 4.57 Å². The molecule has 1 unspecified atom stereocenters. The highest BCUT2D eigenvalue weighted by Crippen LogP contribution is 2.27. The molecule has 0 aliphatic heterocycles. The standard InChI is InChI=1S/C16H15Cl2N3/c1-10-5-6-19-8-12(10)9-21-15-4-3-13(18)7-14(15)20-16(21)11(2)17/h3-8,11H,9H2,1-2H3. The first kappa shape index (κ1) is 14.4. The molecular weight excluding hydrogens is 305 g/mol. The molecule has 2 aromatic heterocycles. The number of halogens is 2. The average Bonchev–Trinajstić information content (AvgIpc) is 2.79. The van der Waals surface area contributed by atoms with Gasteiger partial charge in [-0.25, -0.2) is 4.98 Å². The Morgan fingerprint density at radius 3 is 2.81 bits per heavy atom. The summed E-state index contributed by atoms with van der Waals surface area (Å²) in [5.74, 6) is 0.845. The molecule has 1 atom stereocenters. The second kappa shape index (κ2) is 5.66. The van der Waals surface area contributed by atoms with Crippen LogP contribution >= 0.6 is 23.2 Å². The van der Waals surface area contributed by atoms with Crippen LogP contribution in [0.4, 0.5) is 0 Å². The summed E-state index contributed by atoms with van der Waals surface area (Å²) in [5, 5.41) is 0.506. The van der Waals surface area contributed by atoms with Gasteiger partial charge in [-0.05, 0) is 49.2 Å². The lowest BCUT2D eigenvalue weighted by atomic mass is 10.1. The van der Waals surface area contributed by atoms with E-state index in [9.17, 15) is 0 Å². The Morgan fingerprint density at radius 1 is 1.29 bits per heavy atom. The SMILES string of the molecule is Cc1ccncc1Cn1c(C(C)Cl)nc2cc(Cl)ccc21. The van der Waals surface area contributed by atoms with Crippen LogP contribution < -0.4 is 0 Å². The van der Waals surface area contributed by atoms with Crippen molar-refractivity contribution < 1.29 is 0 Å². The number of pyridine rings is 1. The quantitative estimate of drug-likeness (QED) is 0.653. The molecule has 0 saturated carbocycles. The average molecular weight is 320 g/mol. The highest BCUT2D eigenvalue weighted by molar-refractivity contribution is 6.31. The zero-order chi connectivity index (χ0) is 15.0. The van der Waals surface area contributed by atoms with Crippen molar-refractivity contribution in [1.29, 1.82) is 0 Å². The summed E-state index contributed by atoms with van der Waals surface area (Å²) in [6.45, 7) is 4.71. The molecule has 2 heterocycles. The summed E-state index contributed by atoms with van der Waals surface area (Å²) < 4.78 is 2.13. The Kier molecular flexibility index (Phi) is 3.87. The van der Waals surface area contributed by atoms with Crippen molar-refractivity contribution in [1.82, 2.24) is 14.5 Å². The van der Waals surface area contributed by atoms with E-state index in [1.807, 2.05) is 37.4 Å². The van der Waals surface area contributed by atoms with E-state index in [1.165, 1.54) is 5.56 Å². The van der Waals surface area contributed by atoms with Gasteiger partial charge in [-0.2, -0.15) is 0 Å². The van der Waals surface area contributed by atoms with Gasteiger partial charge in [-0.15, -0.1) is 11.6 Å². The molecule has 3 nitrogen and oxygen atoms in total. The first-order valence-electron chi connectivity index (χ1n) is 6.75. The van der Waals surface area contributed by atoms with Gasteiger partial charge in [0.25, 0.3) is 0 Å². The van der Waals surface area contributed by atoms with Crippen molar-refractivity contribution in [3.63, 3.8) is 0 Å². The Hall–Kier alpha value is -1.58. The Bertz CT molecular complexity index is 793. The van der Waals surface area contributed by atoms with Gasteiger partial charge in [0.2, 0.25) is 0 Å². The fraction of sp³-hybridized carbons (Fsp3) is 0.250. The number of benzene rings is 1. The van der Waals surface area contributed by atoms with E-state index in [1.54, 1.807) is 6.20 Å². The van der Waals surface area contributed by atoms with Crippen LogP contribution in [0.2, 0.25) is 5.02 Å². The van der Waals surface area contributed by atoms with Crippen molar-refractivity contribution in [2.45, 2.75) is 25.8 Å². The number of nitrogens with zero attached hydrogens (tertiary/aromatic N) is 3. The summed E-state index contributed by atoms with van der Waals surface area (Å²) >= 11 is 12.3. The normalized spacial score (nSPS) is 12.8. The number of alkyl halides is 1. The lowest BCUT2D eigenvalue weighted by Gasteiger charge is -2.12. The smallest absolute Gasteiger partial charge is 0.128 e. The molecular formula is C16H15Cl2N3. The number of rotatable bonds is 3. The number of fused-ring (bicyclic) bond motifs is 1. The van der Waals surface area contributed by atoms with E-state index >= 15 is 0 Å². The minimum atomic E-state index is -0.173. The fourth-order valence-electron chi connectivity index (χ4n) is 2.42. The molecule has 0 spiro atoms. The maximum absolute atomic E-state index is 6.29. The monoisotopic (exact) mass is 319 g/mol. The van der Waals surface area contributed by atoms with Gasteiger partial charge in [0.1, 0.15) is 5.82 Å². The molecule has 1 aromatic carbocycles. The molecule has 0 saturated heterocycles. The largest absolute Gasteiger partial charge is 0.322 e. The number of aryl methyl sites for hydroxylation is 1. The van der Waals surface area contributed by atoms with E-state index < -0.39 is 0 Å². The number of imidazole rings is 1. The minimum Gasteiger partial charge on any atom is -0.322 e. The molecule has 0 aliphatic rings. The minimum absolute atomic E-state index is 0.173. The summed E-state index contributed by atoms with van der Waals surface area (Å²) in [5.41, 5.74) is 4.26. The van der Waals surface area contributed by atoms with Gasteiger partial charge in [-0.3, -0.25) is 4.98 Å². The van der Waals surface area contributed by atoms with Gasteiger partial charge in [0.15, 0.2) is 0 Å². The highest BCUT2D eigenvalue weighted by Gasteiger charge is 2.16. The maximum Gasteiger partial charge on any atom is 0.128 e. The third-order valence-corrected chi connectivity index (χ3v) is 4.00. The first-order valence-corrected chi connectivity index (χ1v) is 7.57. The number of hydrogen-bond donors (Lipinski definition) is 0. The van der Waals surface area contributed by atoms with Gasteiger partial charge in [0, 0.05) is 17.4 Å². The van der Waals surface area contributed by atoms with E-state index in [0.29, 0.717) is 11.6 Å². The molecule has 0 amide bonds. The second-order valence-corrected chi connectivity index (χ2v) is 6.20. The molecule has 0 bridgehead atoms. The Morgan fingerprint density at radius 2 is 2.10 bits per heavy atom. The molecule has 0 radical (unpaired) electrons. The van der Waals surface area contributed by atoms with Gasteiger partial charge in [-0.1, -0.05) is 11.6 Å². The summed E-state index contributed by atoms with van der Waals surface area (Å²) in [4.78, 5) is 8.83. The Balaban J connectivity index is 2.16. The lowest BCUT2D eigenvalue weighted by molar-refractivity contribution is 0.737. The second-order valence-electron chi connectivity index (χ2n) is 5.11. The van der Waals surface area contributed by atoms with Crippen LogP contribution in [0.1, 0.15) is 29.3 Å². The van der Waals surface area contributed by atoms with Crippen molar-refractivity contribution in [2.24, 2.45) is 0 Å². The third-order valence-electron chi connectivity index (χ3n) is 3.57. The molecule has 0 fully saturated rings. The van der Waals surface area contributed by atoms with Gasteiger partial charge >= 0.3 is 0 Å². The molecule has 21 heavy (non-hydrogen) atoms. The Labute approximate surface area is 133 Å². The van der Waals surface area contributed by atoms with Gasteiger partial charge in [0.05, 0.1) is 23.0 Å². The van der Waals surface area contributed by atoms with E-state index in [4.69, 9.17) is 23.2 Å². The fourth-order valence-corrected chi connectivity index (χ4v) is 2.76. The molecule has 3 aromatic rings. The number of hydrogen-bond acceptors (Lipinski definition) is 2. The zero-order valence-corrected chi connectivity index (χ0v) is 13.4. The third kappa shape index (κ3) is 2.76. The summed E-state index contributed by atoms with van der Waals surface area (Å²) in [7, 11) is 0. The molecule has 0 aliphatic carbocycles. The molecule has 3 rings (SSSR count). The first-order chi connectivity index (χ1) is 10.1. The van der Waals surface area contributed by atoms with Crippen LogP contribution in [0.3, 0.4) is 0 Å². The number of aromatic nitrogens is 3. The van der Waals surface area contributed by atoms with E-state index in [0.717, 1.165) is 22.4 Å². The predicted molar refractivity (Wildman–Crippen MR) is 87.1 cm³/mol. The highest BCUT2D eigenvalue weighted by atomic mass is 35.5. The topological polar surface area (TPSA) is 30.7 Å². The van der Waals surface area contributed by atoms with E-state index in [2.05, 4.69) is 21.5 Å². The van der Waals surface area contributed by atoms with Crippen molar-refractivity contribution in [2.75, 3.05) is 0 Å². The predicted octanol–water partition coefficient (Wildman–Crippen LogP) is 4.74. The summed E-state index contributed by atoms with van der Waals surface area (Å²) in [6.07, 6.45) is 3.69. The van der Waals surface area contributed by atoms with Crippen LogP contribution in [0, 0.1) is 6.92 Å². The molecule has 5 heteroatoms. The van der Waals surface area contributed by atoms with Crippen LogP contribution in [0.25, 0.3) is 11.0 Å². The molecule has 108 valence electrons. The van der Waals surface area contributed by atoms with Crippen LogP contribution in [0.15, 0.2) is 36.7 Å². The van der Waals surface area contributed by atoms with Crippen molar-refractivity contribution in [3.05, 3.63) is 58.6 Å². The van der Waals surface area contributed by atoms with E-state index in [-0.39, 0.29) is 5.38 Å². The van der Waals surface area contributed by atoms with Crippen LogP contribution in [0.5, 0.6) is 0 Å². The van der Waals surface area contributed by atoms with Crippen molar-refractivity contribution in [3.8, 4) is 0 Å². The maximum atomic E-state index is 6.29. The van der Waals surface area contributed by atoms with Crippen LogP contribution in [-0.4, -0.2) is 14.5 Å². The van der Waals surface area contributed by atoms with Crippen molar-refractivity contribution >= 4 is 34.2 Å². The lowest BCUT2D eigenvalue weighted by Crippen LogP contribution is -2.07. The molecule has 0 N–H and O–H groups in total. The zero-order valence-electron chi connectivity index (χ0n) is 11.8. The summed E-state index contributed by atoms with van der Waals surface area (Å²) in [6, 6.07) is 7.74. The van der Waals surface area contributed by atoms with Crippen LogP contribution in [-0.2, 0) is 6.54 Å².